The Morgan fingerprint density at radius 2 is 1.80 bits per heavy atom. The molecule has 2 aliphatic rings. The maximum Gasteiger partial charge on any atom is 0.411 e. The summed E-state index contributed by atoms with van der Waals surface area (Å²) in [6.07, 6.45) is 3.50. The van der Waals surface area contributed by atoms with E-state index in [0.29, 0.717) is 12.5 Å². The molecule has 6 heteroatoms. The molecule has 0 aromatic heterocycles. The van der Waals surface area contributed by atoms with Crippen LogP contribution in [-0.4, -0.2) is 42.8 Å². The Morgan fingerprint density at radius 3 is 2.45 bits per heavy atom. The van der Waals surface area contributed by atoms with E-state index in [0.717, 1.165) is 25.7 Å². The molecule has 0 bridgehead atoms. The second kappa shape index (κ2) is 6.78. The second-order valence-corrected chi connectivity index (χ2v) is 5.80. The van der Waals surface area contributed by atoms with Gasteiger partial charge < -0.3 is 9.64 Å². The van der Waals surface area contributed by atoms with Crippen molar-refractivity contribution in [3.8, 4) is 0 Å². The molecule has 20 heavy (non-hydrogen) atoms. The summed E-state index contributed by atoms with van der Waals surface area (Å²) in [4.78, 5) is 13.8. The first-order chi connectivity index (χ1) is 9.47. The summed E-state index contributed by atoms with van der Waals surface area (Å²) in [5.74, 6) is 0.236. The molecule has 1 aliphatic carbocycles. The number of hydrogen-bond donors (Lipinski definition) is 0. The standard InChI is InChI=1S/C14H22F3NO2/c15-14(16,17)10-20-9-13(19)18-8-4-7-12(18)11-5-2-1-3-6-11/h11-12H,1-10H2/t12-/m1/s1. The maximum atomic E-state index is 12.0. The molecule has 1 saturated carbocycles. The van der Waals surface area contributed by atoms with Gasteiger partial charge in [0.05, 0.1) is 0 Å². The first-order valence-electron chi connectivity index (χ1n) is 7.41. The van der Waals surface area contributed by atoms with Gasteiger partial charge in [-0.3, -0.25) is 4.79 Å². The molecule has 1 atom stereocenters. The van der Waals surface area contributed by atoms with Gasteiger partial charge in [-0.1, -0.05) is 19.3 Å². The molecule has 0 aromatic carbocycles. The van der Waals surface area contributed by atoms with Crippen molar-refractivity contribution >= 4 is 5.91 Å². The lowest BCUT2D eigenvalue weighted by atomic mass is 9.83. The number of amides is 1. The summed E-state index contributed by atoms with van der Waals surface area (Å²) >= 11 is 0. The minimum Gasteiger partial charge on any atom is -0.362 e. The number of carbonyl (C=O) groups is 1. The summed E-state index contributed by atoms with van der Waals surface area (Å²) in [7, 11) is 0. The SMILES string of the molecule is O=C(COCC(F)(F)F)N1CCC[C@@H]1C1CCCCC1. The van der Waals surface area contributed by atoms with Crippen LogP contribution in [0.25, 0.3) is 0 Å². The second-order valence-electron chi connectivity index (χ2n) is 5.80. The van der Waals surface area contributed by atoms with Crippen molar-refractivity contribution in [2.75, 3.05) is 19.8 Å². The first kappa shape index (κ1) is 15.6. The van der Waals surface area contributed by atoms with Gasteiger partial charge in [-0.15, -0.1) is 0 Å². The fourth-order valence-corrected chi connectivity index (χ4v) is 3.45. The summed E-state index contributed by atoms with van der Waals surface area (Å²) in [5.41, 5.74) is 0. The summed E-state index contributed by atoms with van der Waals surface area (Å²) in [6, 6.07) is 0.220. The van der Waals surface area contributed by atoms with Gasteiger partial charge in [0.1, 0.15) is 13.2 Å². The van der Waals surface area contributed by atoms with E-state index in [1.54, 1.807) is 4.90 Å². The zero-order valence-electron chi connectivity index (χ0n) is 11.6. The lowest BCUT2D eigenvalue weighted by molar-refractivity contribution is -0.178. The van der Waals surface area contributed by atoms with Crippen molar-refractivity contribution in [1.29, 1.82) is 0 Å². The minimum absolute atomic E-state index is 0.220. The third kappa shape index (κ3) is 4.36. The molecule has 2 rings (SSSR count). The van der Waals surface area contributed by atoms with Crippen molar-refractivity contribution < 1.29 is 22.7 Å². The fourth-order valence-electron chi connectivity index (χ4n) is 3.45. The molecule has 0 aromatic rings. The zero-order valence-corrected chi connectivity index (χ0v) is 11.6. The Morgan fingerprint density at radius 1 is 1.10 bits per heavy atom. The van der Waals surface area contributed by atoms with E-state index in [1.807, 2.05) is 0 Å². The average molecular weight is 293 g/mol. The van der Waals surface area contributed by atoms with Crippen LogP contribution in [0.2, 0.25) is 0 Å². The van der Waals surface area contributed by atoms with E-state index < -0.39 is 19.4 Å². The molecular weight excluding hydrogens is 271 g/mol. The Labute approximate surface area is 117 Å². The molecule has 0 spiro atoms. The van der Waals surface area contributed by atoms with E-state index in [9.17, 15) is 18.0 Å². The normalized spacial score (nSPS) is 25.1. The van der Waals surface area contributed by atoms with Crippen LogP contribution in [0.4, 0.5) is 13.2 Å². The van der Waals surface area contributed by atoms with E-state index in [-0.39, 0.29) is 11.9 Å². The lowest BCUT2D eigenvalue weighted by Crippen LogP contribution is -2.42. The fraction of sp³-hybridized carbons (Fsp3) is 0.929. The van der Waals surface area contributed by atoms with Crippen LogP contribution in [0.15, 0.2) is 0 Å². The molecule has 0 unspecified atom stereocenters. The number of halogens is 3. The number of alkyl halides is 3. The third-order valence-corrected chi connectivity index (χ3v) is 4.30. The Balaban J connectivity index is 1.81. The van der Waals surface area contributed by atoms with E-state index in [1.165, 1.54) is 19.3 Å². The highest BCUT2D eigenvalue weighted by Crippen LogP contribution is 2.34. The van der Waals surface area contributed by atoms with Gasteiger partial charge in [-0.25, -0.2) is 0 Å². The minimum atomic E-state index is -4.37. The van der Waals surface area contributed by atoms with E-state index >= 15 is 0 Å². The molecule has 0 radical (unpaired) electrons. The molecule has 1 saturated heterocycles. The van der Waals surface area contributed by atoms with Crippen LogP contribution in [0.3, 0.4) is 0 Å². The zero-order chi connectivity index (χ0) is 14.6. The maximum absolute atomic E-state index is 12.0. The van der Waals surface area contributed by atoms with Crippen LogP contribution in [-0.2, 0) is 9.53 Å². The van der Waals surface area contributed by atoms with Gasteiger partial charge >= 0.3 is 6.18 Å². The highest BCUT2D eigenvalue weighted by atomic mass is 19.4. The average Bonchev–Trinajstić information content (AvgIpc) is 2.87. The number of carbonyl (C=O) groups excluding carboxylic acids is 1. The largest absolute Gasteiger partial charge is 0.411 e. The van der Waals surface area contributed by atoms with Crippen LogP contribution >= 0.6 is 0 Å². The Hall–Kier alpha value is -0.780. The summed E-state index contributed by atoms with van der Waals surface area (Å²) in [5, 5.41) is 0. The van der Waals surface area contributed by atoms with Crippen molar-refractivity contribution in [2.24, 2.45) is 5.92 Å². The quantitative estimate of drug-likeness (QED) is 0.797. The van der Waals surface area contributed by atoms with Gasteiger partial charge in [-0.05, 0) is 31.6 Å². The Bertz CT molecular complexity index is 327. The molecule has 0 N–H and O–H groups in total. The number of nitrogens with zero attached hydrogens (tertiary/aromatic N) is 1. The monoisotopic (exact) mass is 293 g/mol. The number of ether oxygens (including phenoxy) is 1. The van der Waals surface area contributed by atoms with Gasteiger partial charge in [0.25, 0.3) is 0 Å². The van der Waals surface area contributed by atoms with E-state index in [2.05, 4.69) is 4.74 Å². The molecule has 3 nitrogen and oxygen atoms in total. The number of hydrogen-bond acceptors (Lipinski definition) is 2. The predicted octanol–water partition coefficient (Wildman–Crippen LogP) is 3.14. The summed E-state index contributed by atoms with van der Waals surface area (Å²) in [6.45, 7) is -1.14. The van der Waals surface area contributed by atoms with Crippen molar-refractivity contribution in [1.82, 2.24) is 4.90 Å². The smallest absolute Gasteiger partial charge is 0.362 e. The van der Waals surface area contributed by atoms with Crippen molar-refractivity contribution in [3.05, 3.63) is 0 Å². The van der Waals surface area contributed by atoms with Crippen molar-refractivity contribution in [3.63, 3.8) is 0 Å². The highest BCUT2D eigenvalue weighted by Gasteiger charge is 2.35. The van der Waals surface area contributed by atoms with Gasteiger partial charge in [0.2, 0.25) is 5.91 Å². The number of rotatable bonds is 4. The molecule has 1 heterocycles. The van der Waals surface area contributed by atoms with Crippen LogP contribution in [0, 0.1) is 5.92 Å². The Kier molecular flexibility index (Phi) is 5.29. The molecule has 1 aliphatic heterocycles. The van der Waals surface area contributed by atoms with Gasteiger partial charge in [0, 0.05) is 12.6 Å². The highest BCUT2D eigenvalue weighted by molar-refractivity contribution is 5.78. The first-order valence-corrected chi connectivity index (χ1v) is 7.41. The molecular formula is C14H22F3NO2. The summed E-state index contributed by atoms with van der Waals surface area (Å²) < 4.78 is 40.5. The van der Waals surface area contributed by atoms with Crippen LogP contribution in [0.1, 0.15) is 44.9 Å². The topological polar surface area (TPSA) is 29.5 Å². The van der Waals surface area contributed by atoms with E-state index in [4.69, 9.17) is 0 Å². The lowest BCUT2D eigenvalue weighted by Gasteiger charge is -2.34. The van der Waals surface area contributed by atoms with Crippen LogP contribution < -0.4 is 0 Å². The molecule has 2 fully saturated rings. The van der Waals surface area contributed by atoms with Crippen LogP contribution in [0.5, 0.6) is 0 Å². The predicted molar refractivity (Wildman–Crippen MR) is 68.2 cm³/mol. The number of likely N-dealkylation sites (tertiary alicyclic amines) is 1. The third-order valence-electron chi connectivity index (χ3n) is 4.30. The molecule has 1 amide bonds. The van der Waals surface area contributed by atoms with Gasteiger partial charge in [-0.2, -0.15) is 13.2 Å². The van der Waals surface area contributed by atoms with Crippen molar-refractivity contribution in [2.45, 2.75) is 57.2 Å². The van der Waals surface area contributed by atoms with Gasteiger partial charge in [0.15, 0.2) is 0 Å². The molecule has 116 valence electrons.